The summed E-state index contributed by atoms with van der Waals surface area (Å²) in [6.45, 7) is 4.79. The fraction of sp³-hybridized carbons (Fsp3) is 0.222. The maximum absolute atomic E-state index is 6.64. The first-order valence-electron chi connectivity index (χ1n) is 14.0. The van der Waals surface area contributed by atoms with E-state index >= 15 is 0 Å². The number of nitrogens with zero attached hydrogens (tertiary/aromatic N) is 2. The molecule has 0 bridgehead atoms. The van der Waals surface area contributed by atoms with Crippen LogP contribution >= 0.6 is 0 Å². The highest BCUT2D eigenvalue weighted by atomic mass is 16.3. The van der Waals surface area contributed by atoms with Gasteiger partial charge in [0.15, 0.2) is 0 Å². The molecule has 0 aliphatic heterocycles. The Bertz CT molecular complexity index is 1780. The highest BCUT2D eigenvalue weighted by Gasteiger charge is 2.33. The van der Waals surface area contributed by atoms with Crippen molar-refractivity contribution >= 4 is 22.1 Å². The van der Waals surface area contributed by atoms with Gasteiger partial charge in [-0.3, -0.25) is 4.98 Å². The first kappa shape index (κ1) is 23.8. The van der Waals surface area contributed by atoms with Crippen LogP contribution in [0, 0.1) is 5.92 Å². The monoisotopic (exact) mass is 508 g/mol. The van der Waals surface area contributed by atoms with Crippen molar-refractivity contribution in [1.82, 2.24) is 9.97 Å². The number of pyridine rings is 2. The molecule has 0 spiro atoms. The average molecular weight is 509 g/mol. The summed E-state index contributed by atoms with van der Waals surface area (Å²) in [5.74, 6) is 0.708. The second-order valence-corrected chi connectivity index (χ2v) is 11.4. The van der Waals surface area contributed by atoms with Crippen molar-refractivity contribution in [2.45, 2.75) is 44.9 Å². The molecule has 0 atom stereocenters. The lowest BCUT2D eigenvalue weighted by Gasteiger charge is -2.32. The van der Waals surface area contributed by atoms with Crippen LogP contribution in [-0.2, 0) is 5.41 Å². The molecule has 3 aromatic carbocycles. The minimum atomic E-state index is 0.108. The zero-order valence-electron chi connectivity index (χ0n) is 22.5. The maximum Gasteiger partial charge on any atom is 0.227 e. The van der Waals surface area contributed by atoms with Crippen molar-refractivity contribution in [2.75, 3.05) is 0 Å². The molecule has 7 rings (SSSR count). The average Bonchev–Trinajstić information content (AvgIpc) is 3.67. The number of furan rings is 1. The molecule has 6 aromatic rings. The van der Waals surface area contributed by atoms with Crippen molar-refractivity contribution in [1.29, 1.82) is 0 Å². The van der Waals surface area contributed by atoms with Gasteiger partial charge >= 0.3 is 0 Å². The third kappa shape index (κ3) is 4.13. The lowest BCUT2D eigenvalue weighted by Crippen LogP contribution is -2.26. The number of benzene rings is 3. The molecule has 0 amide bonds. The Morgan fingerprint density at radius 2 is 1.41 bits per heavy atom. The second-order valence-electron chi connectivity index (χ2n) is 11.4. The van der Waals surface area contributed by atoms with Crippen molar-refractivity contribution < 1.29 is 4.42 Å². The quantitative estimate of drug-likeness (QED) is 0.233. The van der Waals surface area contributed by atoms with Gasteiger partial charge in [0, 0.05) is 28.1 Å². The smallest absolute Gasteiger partial charge is 0.227 e. The van der Waals surface area contributed by atoms with Crippen LogP contribution in [0.25, 0.3) is 55.7 Å². The Kier molecular flexibility index (Phi) is 5.81. The topological polar surface area (TPSA) is 38.9 Å². The van der Waals surface area contributed by atoms with E-state index in [-0.39, 0.29) is 5.41 Å². The van der Waals surface area contributed by atoms with Gasteiger partial charge in [-0.25, -0.2) is 4.98 Å². The number of fused-ring (bicyclic) bond motifs is 3. The largest absolute Gasteiger partial charge is 0.437 e. The summed E-state index contributed by atoms with van der Waals surface area (Å²) in [4.78, 5) is 9.83. The molecule has 0 radical (unpaired) electrons. The Labute approximate surface area is 229 Å². The van der Waals surface area contributed by atoms with E-state index in [1.54, 1.807) is 0 Å². The van der Waals surface area contributed by atoms with Gasteiger partial charge in [-0.1, -0.05) is 93.4 Å². The van der Waals surface area contributed by atoms with Crippen LogP contribution in [0.4, 0.5) is 0 Å². The molecule has 1 saturated carbocycles. The van der Waals surface area contributed by atoms with Gasteiger partial charge in [0.1, 0.15) is 5.58 Å². The fourth-order valence-electron chi connectivity index (χ4n) is 6.45. The van der Waals surface area contributed by atoms with E-state index in [0.717, 1.165) is 50.0 Å². The van der Waals surface area contributed by atoms with E-state index in [0.29, 0.717) is 11.6 Å². The van der Waals surface area contributed by atoms with Gasteiger partial charge in [-0.05, 0) is 71.2 Å². The number of hydrogen-bond acceptors (Lipinski definition) is 3. The van der Waals surface area contributed by atoms with Crippen LogP contribution in [-0.4, -0.2) is 9.97 Å². The van der Waals surface area contributed by atoms with Crippen LogP contribution in [0.2, 0.25) is 0 Å². The summed E-state index contributed by atoms with van der Waals surface area (Å²) < 4.78 is 6.64. The molecule has 1 aliphatic rings. The van der Waals surface area contributed by atoms with Crippen LogP contribution in [0.1, 0.15) is 45.1 Å². The van der Waals surface area contributed by atoms with Crippen LogP contribution in [0.5, 0.6) is 0 Å². The molecular weight excluding hydrogens is 476 g/mol. The summed E-state index contributed by atoms with van der Waals surface area (Å²) in [7, 11) is 0. The lowest BCUT2D eigenvalue weighted by molar-refractivity contribution is 0.325. The van der Waals surface area contributed by atoms with Crippen molar-refractivity contribution in [2.24, 2.45) is 5.92 Å². The van der Waals surface area contributed by atoms with Gasteiger partial charge in [-0.15, -0.1) is 0 Å². The highest BCUT2D eigenvalue weighted by molar-refractivity contribution is 6.15. The highest BCUT2D eigenvalue weighted by Crippen LogP contribution is 2.44. The van der Waals surface area contributed by atoms with Crippen molar-refractivity contribution in [3.05, 3.63) is 109 Å². The molecule has 1 fully saturated rings. The number of hydrogen-bond donors (Lipinski definition) is 0. The third-order valence-electron chi connectivity index (χ3n) is 8.80. The molecule has 1 aliphatic carbocycles. The van der Waals surface area contributed by atoms with Crippen LogP contribution in [0.15, 0.2) is 108 Å². The lowest BCUT2D eigenvalue weighted by atomic mass is 9.72. The summed E-state index contributed by atoms with van der Waals surface area (Å²) in [5.41, 5.74) is 9.19. The zero-order valence-corrected chi connectivity index (χ0v) is 22.5. The minimum absolute atomic E-state index is 0.108. The SMILES string of the molecule is CC(C)(c1ccnc(-c2ccc(-c3ccccc3)c3c2oc2nc(-c4ccccc4)ccc23)c1)C1CCCC1. The Hall–Kier alpha value is -4.24. The summed E-state index contributed by atoms with van der Waals surface area (Å²) >= 11 is 0. The molecule has 3 nitrogen and oxygen atoms in total. The summed E-state index contributed by atoms with van der Waals surface area (Å²) in [6.07, 6.45) is 7.25. The van der Waals surface area contributed by atoms with E-state index in [9.17, 15) is 0 Å². The normalized spacial score (nSPS) is 14.4. The molecule has 0 unspecified atom stereocenters. The third-order valence-corrected chi connectivity index (χ3v) is 8.80. The van der Waals surface area contributed by atoms with Gasteiger partial charge < -0.3 is 4.42 Å². The molecule has 192 valence electrons. The number of rotatable bonds is 5. The van der Waals surface area contributed by atoms with Crippen molar-refractivity contribution in [3.63, 3.8) is 0 Å². The molecule has 0 N–H and O–H groups in total. The molecule has 0 saturated heterocycles. The molecule has 3 aromatic heterocycles. The molecular formula is C36H32N2O. The van der Waals surface area contributed by atoms with Gasteiger partial charge in [0.2, 0.25) is 5.71 Å². The molecule has 3 heterocycles. The first-order valence-corrected chi connectivity index (χ1v) is 14.0. The van der Waals surface area contributed by atoms with Crippen LogP contribution in [0.3, 0.4) is 0 Å². The minimum Gasteiger partial charge on any atom is -0.437 e. The van der Waals surface area contributed by atoms with Gasteiger partial charge in [0.25, 0.3) is 0 Å². The molecule has 39 heavy (non-hydrogen) atoms. The fourth-order valence-corrected chi connectivity index (χ4v) is 6.45. The first-order chi connectivity index (χ1) is 19.1. The zero-order chi connectivity index (χ0) is 26.4. The second kappa shape index (κ2) is 9.50. The van der Waals surface area contributed by atoms with E-state index in [1.807, 2.05) is 24.4 Å². The van der Waals surface area contributed by atoms with Crippen LogP contribution < -0.4 is 0 Å². The number of aromatic nitrogens is 2. The Morgan fingerprint density at radius 3 is 2.15 bits per heavy atom. The van der Waals surface area contributed by atoms with Gasteiger partial charge in [-0.2, -0.15) is 0 Å². The standard InChI is InChI=1S/C36H32N2O/c1-36(2,26-15-9-10-16-26)27-21-22-37-32(23-27)29-18-17-28(24-11-5-3-6-12-24)33-30-19-20-31(25-13-7-4-8-14-25)38-35(30)39-34(29)33/h3-8,11-14,17-23,26H,9-10,15-16H2,1-2H3. The summed E-state index contributed by atoms with van der Waals surface area (Å²) in [6, 6.07) is 33.9. The summed E-state index contributed by atoms with van der Waals surface area (Å²) in [5, 5.41) is 2.11. The van der Waals surface area contributed by atoms with E-state index in [4.69, 9.17) is 14.4 Å². The van der Waals surface area contributed by atoms with E-state index in [2.05, 4.69) is 92.7 Å². The predicted octanol–water partition coefficient (Wildman–Crippen LogP) is 9.84. The Morgan fingerprint density at radius 1 is 0.718 bits per heavy atom. The van der Waals surface area contributed by atoms with E-state index < -0.39 is 0 Å². The van der Waals surface area contributed by atoms with E-state index in [1.165, 1.54) is 31.2 Å². The Balaban J connectivity index is 1.44. The van der Waals surface area contributed by atoms with Gasteiger partial charge in [0.05, 0.1) is 11.4 Å². The van der Waals surface area contributed by atoms with Crippen molar-refractivity contribution in [3.8, 4) is 33.6 Å². The predicted molar refractivity (Wildman–Crippen MR) is 161 cm³/mol. The maximum atomic E-state index is 6.64. The molecule has 3 heteroatoms.